The molecule has 0 spiro atoms. The van der Waals surface area contributed by atoms with Crippen LogP contribution < -0.4 is 10.9 Å². The van der Waals surface area contributed by atoms with E-state index in [9.17, 15) is 4.79 Å². The van der Waals surface area contributed by atoms with Crippen molar-refractivity contribution in [2.75, 3.05) is 5.32 Å². The molecule has 0 amide bonds. The molecular formula is C21H21N5OS3. The number of thioether (sulfide) groups is 1. The van der Waals surface area contributed by atoms with Crippen molar-refractivity contribution in [1.82, 2.24) is 20.2 Å². The Morgan fingerprint density at radius 3 is 2.87 bits per heavy atom. The number of hydrogen-bond donors (Lipinski definition) is 2. The van der Waals surface area contributed by atoms with Crippen LogP contribution in [0.5, 0.6) is 0 Å². The zero-order valence-corrected chi connectivity index (χ0v) is 19.2. The number of nitrogens with zero attached hydrogens (tertiary/aromatic N) is 3. The summed E-state index contributed by atoms with van der Waals surface area (Å²) in [5.41, 5.74) is 4.72. The summed E-state index contributed by atoms with van der Waals surface area (Å²) in [6.45, 7) is 4.19. The van der Waals surface area contributed by atoms with Crippen LogP contribution in [0.4, 0.5) is 10.8 Å². The van der Waals surface area contributed by atoms with Crippen LogP contribution in [-0.4, -0.2) is 20.2 Å². The van der Waals surface area contributed by atoms with Gasteiger partial charge in [0.15, 0.2) is 4.34 Å². The minimum absolute atomic E-state index is 0.00985. The highest BCUT2D eigenvalue weighted by atomic mass is 32.2. The highest BCUT2D eigenvalue weighted by Gasteiger charge is 2.20. The molecule has 1 aliphatic rings. The summed E-state index contributed by atoms with van der Waals surface area (Å²) < 4.78 is 0.842. The lowest BCUT2D eigenvalue weighted by Gasteiger charge is -2.09. The van der Waals surface area contributed by atoms with Crippen molar-refractivity contribution in [3.05, 3.63) is 55.9 Å². The number of nitrogens with one attached hydrogen (secondary N) is 2. The molecule has 0 unspecified atom stereocenters. The topological polar surface area (TPSA) is 83.6 Å². The molecule has 1 aliphatic carbocycles. The molecule has 4 aromatic rings. The lowest BCUT2D eigenvalue weighted by Crippen LogP contribution is -2.12. The lowest BCUT2D eigenvalue weighted by molar-refractivity contribution is 0.700. The quantitative estimate of drug-likeness (QED) is 0.394. The zero-order chi connectivity index (χ0) is 20.7. The third kappa shape index (κ3) is 3.89. The van der Waals surface area contributed by atoms with Gasteiger partial charge in [-0.1, -0.05) is 29.2 Å². The molecule has 0 radical (unpaired) electrons. The fourth-order valence-corrected chi connectivity index (χ4v) is 6.59. The largest absolute Gasteiger partial charge is 0.330 e. The smallest absolute Gasteiger partial charge is 0.259 e. The fourth-order valence-electron chi connectivity index (χ4n) is 3.67. The Balaban J connectivity index is 1.30. The van der Waals surface area contributed by atoms with E-state index in [1.807, 2.05) is 6.07 Å². The van der Waals surface area contributed by atoms with Gasteiger partial charge in [0.1, 0.15) is 10.7 Å². The van der Waals surface area contributed by atoms with E-state index in [1.165, 1.54) is 51.1 Å². The van der Waals surface area contributed by atoms with Crippen LogP contribution in [0.1, 0.15) is 40.2 Å². The first-order valence-corrected chi connectivity index (χ1v) is 12.5. The predicted molar refractivity (Wildman–Crippen MR) is 126 cm³/mol. The number of hydrogen-bond acceptors (Lipinski definition) is 8. The zero-order valence-electron chi connectivity index (χ0n) is 16.7. The molecule has 3 heterocycles. The molecule has 0 saturated heterocycles. The minimum Gasteiger partial charge on any atom is -0.330 e. The standard InChI is InChI=1S/C21H21N5OS3/c1-11-7-8-13(9-12(11)2)22-20-25-26-21(30-20)28-10-16-23-18(27)17-14-5-3-4-6-15(14)29-19(17)24-16/h7-9H,3-6,10H2,1-2H3,(H,22,25)(H,23,24,27). The number of benzene rings is 1. The summed E-state index contributed by atoms with van der Waals surface area (Å²) in [6, 6.07) is 6.24. The maximum atomic E-state index is 12.7. The van der Waals surface area contributed by atoms with E-state index < -0.39 is 0 Å². The van der Waals surface area contributed by atoms with Gasteiger partial charge in [0.25, 0.3) is 5.56 Å². The van der Waals surface area contributed by atoms with E-state index in [0.717, 1.165) is 44.6 Å². The third-order valence-corrected chi connectivity index (χ3v) is 8.54. The van der Waals surface area contributed by atoms with Gasteiger partial charge in [-0.25, -0.2) is 4.98 Å². The Morgan fingerprint density at radius 1 is 1.13 bits per heavy atom. The van der Waals surface area contributed by atoms with Gasteiger partial charge in [0, 0.05) is 10.6 Å². The van der Waals surface area contributed by atoms with E-state index in [2.05, 4.69) is 46.5 Å². The molecule has 0 aliphatic heterocycles. The van der Waals surface area contributed by atoms with E-state index in [1.54, 1.807) is 11.3 Å². The number of aryl methyl sites for hydroxylation is 4. The van der Waals surface area contributed by atoms with E-state index in [-0.39, 0.29) is 5.56 Å². The SMILES string of the molecule is Cc1ccc(Nc2nnc(SCc3nc4sc5c(c4c(=O)[nH]3)CCCC5)s2)cc1C. The number of H-pyrrole nitrogens is 1. The van der Waals surface area contributed by atoms with Crippen molar-refractivity contribution in [2.45, 2.75) is 49.6 Å². The van der Waals surface area contributed by atoms with Crippen LogP contribution in [-0.2, 0) is 18.6 Å². The second kappa shape index (κ2) is 8.13. The Kier molecular flexibility index (Phi) is 5.34. The number of fused-ring (bicyclic) bond motifs is 3. The van der Waals surface area contributed by atoms with Crippen LogP contribution in [0.15, 0.2) is 27.3 Å². The Labute approximate surface area is 186 Å². The summed E-state index contributed by atoms with van der Waals surface area (Å²) in [4.78, 5) is 22.6. The lowest BCUT2D eigenvalue weighted by atomic mass is 9.97. The average molecular weight is 456 g/mol. The molecule has 154 valence electrons. The molecular weight excluding hydrogens is 434 g/mol. The van der Waals surface area contributed by atoms with Gasteiger partial charge >= 0.3 is 0 Å². The molecule has 0 saturated carbocycles. The maximum absolute atomic E-state index is 12.7. The van der Waals surface area contributed by atoms with Gasteiger partial charge in [-0.3, -0.25) is 4.79 Å². The minimum atomic E-state index is -0.00985. The number of aromatic nitrogens is 4. The first-order valence-electron chi connectivity index (χ1n) is 9.91. The molecule has 6 nitrogen and oxygen atoms in total. The van der Waals surface area contributed by atoms with Crippen LogP contribution in [0, 0.1) is 13.8 Å². The first-order chi connectivity index (χ1) is 14.6. The van der Waals surface area contributed by atoms with Crippen molar-refractivity contribution in [1.29, 1.82) is 0 Å². The van der Waals surface area contributed by atoms with Gasteiger partial charge in [-0.05, 0) is 68.4 Å². The summed E-state index contributed by atoms with van der Waals surface area (Å²) in [7, 11) is 0. The highest BCUT2D eigenvalue weighted by Crippen LogP contribution is 2.34. The van der Waals surface area contributed by atoms with Crippen LogP contribution in [0.2, 0.25) is 0 Å². The fraction of sp³-hybridized carbons (Fsp3) is 0.333. The van der Waals surface area contributed by atoms with E-state index in [4.69, 9.17) is 4.98 Å². The molecule has 0 atom stereocenters. The highest BCUT2D eigenvalue weighted by molar-refractivity contribution is 8.00. The monoisotopic (exact) mass is 455 g/mol. The average Bonchev–Trinajstić information content (AvgIpc) is 3.33. The van der Waals surface area contributed by atoms with Crippen LogP contribution in [0.25, 0.3) is 10.2 Å². The maximum Gasteiger partial charge on any atom is 0.259 e. The summed E-state index contributed by atoms with van der Waals surface area (Å²) in [6.07, 6.45) is 4.43. The molecule has 5 rings (SSSR count). The number of aromatic amines is 1. The van der Waals surface area contributed by atoms with E-state index >= 15 is 0 Å². The third-order valence-electron chi connectivity index (χ3n) is 5.37. The summed E-state index contributed by atoms with van der Waals surface area (Å²) in [5, 5.41) is 13.4. The van der Waals surface area contributed by atoms with Gasteiger partial charge in [0.05, 0.1) is 11.1 Å². The Bertz CT molecular complexity index is 1290. The molecule has 30 heavy (non-hydrogen) atoms. The van der Waals surface area contributed by atoms with Crippen molar-refractivity contribution < 1.29 is 0 Å². The summed E-state index contributed by atoms with van der Waals surface area (Å²) >= 11 is 4.72. The second-order valence-electron chi connectivity index (χ2n) is 7.49. The van der Waals surface area contributed by atoms with Crippen molar-refractivity contribution >= 4 is 55.5 Å². The van der Waals surface area contributed by atoms with Gasteiger partial charge < -0.3 is 10.3 Å². The van der Waals surface area contributed by atoms with Gasteiger partial charge in [0.2, 0.25) is 5.13 Å². The molecule has 0 bridgehead atoms. The number of thiophene rings is 1. The van der Waals surface area contributed by atoms with Gasteiger partial charge in [-0.2, -0.15) is 0 Å². The van der Waals surface area contributed by atoms with E-state index in [0.29, 0.717) is 11.6 Å². The van der Waals surface area contributed by atoms with Crippen molar-refractivity contribution in [3.63, 3.8) is 0 Å². The number of anilines is 2. The second-order valence-corrected chi connectivity index (χ2v) is 10.8. The first kappa shape index (κ1) is 19.7. The Morgan fingerprint density at radius 2 is 2.00 bits per heavy atom. The summed E-state index contributed by atoms with van der Waals surface area (Å²) in [5.74, 6) is 1.25. The van der Waals surface area contributed by atoms with Crippen molar-refractivity contribution in [3.8, 4) is 0 Å². The molecule has 9 heteroatoms. The predicted octanol–water partition coefficient (Wildman–Crippen LogP) is 5.37. The van der Waals surface area contributed by atoms with Crippen molar-refractivity contribution in [2.24, 2.45) is 0 Å². The van der Waals surface area contributed by atoms with Crippen LogP contribution in [0.3, 0.4) is 0 Å². The number of rotatable bonds is 5. The molecule has 1 aromatic carbocycles. The molecule has 0 fully saturated rings. The molecule has 2 N–H and O–H groups in total. The Hall–Kier alpha value is -2.23. The van der Waals surface area contributed by atoms with Gasteiger partial charge in [-0.15, -0.1) is 21.5 Å². The molecule has 3 aromatic heterocycles. The van der Waals surface area contributed by atoms with Crippen LogP contribution >= 0.6 is 34.4 Å². The normalized spacial score (nSPS) is 13.5.